The van der Waals surface area contributed by atoms with Gasteiger partial charge in [0.1, 0.15) is 0 Å². The Balaban J connectivity index is 0. The second-order valence-electron chi connectivity index (χ2n) is 3.17. The molecular weight excluding hydrogens is 138 g/mol. The van der Waals surface area contributed by atoms with Gasteiger partial charge in [-0.15, -0.1) is 0 Å². The van der Waals surface area contributed by atoms with Crippen LogP contribution in [0.15, 0.2) is 0 Å². The Bertz CT molecular complexity index is 64.0. The molecule has 0 heterocycles. The molecule has 0 aliphatic heterocycles. The first-order chi connectivity index (χ1) is 4.97. The number of hydrogen-bond donors (Lipinski definition) is 1. The maximum atomic E-state index is 7.57. The van der Waals surface area contributed by atoms with Gasteiger partial charge in [0.15, 0.2) is 0 Å². The zero-order valence-electron chi connectivity index (χ0n) is 8.76. The van der Waals surface area contributed by atoms with E-state index in [1.54, 1.807) is 6.92 Å². The molecule has 0 aromatic heterocycles. The van der Waals surface area contributed by atoms with Crippen molar-refractivity contribution < 1.29 is 5.11 Å². The lowest BCUT2D eigenvalue weighted by atomic mass is 10.3. The zero-order chi connectivity index (χ0) is 9.44. The molecule has 0 aromatic rings. The minimum Gasteiger partial charge on any atom is -0.397 e. The Morgan fingerprint density at radius 1 is 1.09 bits per heavy atom. The molecule has 2 heteroatoms. The summed E-state index contributed by atoms with van der Waals surface area (Å²) in [4.78, 5) is 2.33. The van der Waals surface area contributed by atoms with Crippen LogP contribution in [0.3, 0.4) is 0 Å². The van der Waals surface area contributed by atoms with Gasteiger partial charge in [-0.05, 0) is 41.7 Å². The summed E-state index contributed by atoms with van der Waals surface area (Å²) >= 11 is 0. The van der Waals surface area contributed by atoms with Crippen molar-refractivity contribution in [2.24, 2.45) is 0 Å². The molecule has 0 aliphatic carbocycles. The highest BCUT2D eigenvalue weighted by Crippen LogP contribution is 1.98. The van der Waals surface area contributed by atoms with E-state index in [1.807, 2.05) is 0 Å². The number of rotatable bonds is 2. The van der Waals surface area contributed by atoms with Crippen molar-refractivity contribution in [2.45, 2.75) is 46.7 Å². The van der Waals surface area contributed by atoms with Crippen molar-refractivity contribution in [3.8, 4) is 0 Å². The Hall–Kier alpha value is -0.0800. The van der Waals surface area contributed by atoms with E-state index in [0.29, 0.717) is 12.1 Å². The predicted octanol–water partition coefficient (Wildman–Crippen LogP) is 1.73. The molecule has 2 nitrogen and oxygen atoms in total. The summed E-state index contributed by atoms with van der Waals surface area (Å²) in [7, 11) is 2.15. The second-order valence-corrected chi connectivity index (χ2v) is 3.17. The fraction of sp³-hybridized carbons (Fsp3) is 1.00. The molecule has 0 unspecified atom stereocenters. The Kier molecular flexibility index (Phi) is 9.85. The Morgan fingerprint density at radius 3 is 1.27 bits per heavy atom. The van der Waals surface area contributed by atoms with Gasteiger partial charge in [0.05, 0.1) is 0 Å². The fourth-order valence-corrected chi connectivity index (χ4v) is 0.596. The molecule has 0 fully saturated rings. The minimum atomic E-state index is 0.250. The lowest BCUT2D eigenvalue weighted by Gasteiger charge is -2.24. The molecule has 11 heavy (non-hydrogen) atoms. The van der Waals surface area contributed by atoms with Crippen LogP contribution in [0, 0.1) is 0 Å². The highest BCUT2D eigenvalue weighted by atomic mass is 16.2. The van der Waals surface area contributed by atoms with Crippen LogP contribution < -0.4 is 0 Å². The molecule has 0 atom stereocenters. The van der Waals surface area contributed by atoms with Gasteiger partial charge in [0, 0.05) is 18.7 Å². The number of nitrogens with zero attached hydrogens (tertiary/aromatic N) is 1. The maximum Gasteiger partial charge on any atom is 0.0402 e. The van der Waals surface area contributed by atoms with Gasteiger partial charge in [0.2, 0.25) is 0 Å². The highest BCUT2D eigenvalue weighted by molar-refractivity contribution is 4.60. The van der Waals surface area contributed by atoms with E-state index in [0.717, 1.165) is 0 Å². The fourth-order valence-electron chi connectivity index (χ4n) is 0.596. The second kappa shape index (κ2) is 8.02. The molecule has 0 amide bonds. The topological polar surface area (TPSA) is 23.5 Å². The molecule has 0 spiro atoms. The lowest BCUT2D eigenvalue weighted by Crippen LogP contribution is -2.32. The molecule has 0 aromatic carbocycles. The smallest absolute Gasteiger partial charge is 0.0402 e. The standard InChI is InChI=1S/C7H17N.C2H6O/c1-6(2)8(5)7(3)4;1-2-3/h6-7H,1-5H3;3H,2H2,1H3. The van der Waals surface area contributed by atoms with Gasteiger partial charge < -0.3 is 10.0 Å². The number of aliphatic hydroxyl groups is 1. The third-order valence-electron chi connectivity index (χ3n) is 1.63. The Morgan fingerprint density at radius 2 is 1.27 bits per heavy atom. The quantitative estimate of drug-likeness (QED) is 0.667. The van der Waals surface area contributed by atoms with Crippen LogP contribution in [0.25, 0.3) is 0 Å². The summed E-state index contributed by atoms with van der Waals surface area (Å²) in [5.74, 6) is 0. The van der Waals surface area contributed by atoms with Crippen LogP contribution in [0.1, 0.15) is 34.6 Å². The summed E-state index contributed by atoms with van der Waals surface area (Å²) in [6.07, 6.45) is 0. The first-order valence-corrected chi connectivity index (χ1v) is 4.30. The number of hydrogen-bond acceptors (Lipinski definition) is 2. The summed E-state index contributed by atoms with van der Waals surface area (Å²) in [5, 5.41) is 7.57. The predicted molar refractivity (Wildman–Crippen MR) is 50.8 cm³/mol. The van der Waals surface area contributed by atoms with Crippen molar-refractivity contribution in [1.82, 2.24) is 4.90 Å². The van der Waals surface area contributed by atoms with Crippen LogP contribution in [0.5, 0.6) is 0 Å². The largest absolute Gasteiger partial charge is 0.397 e. The van der Waals surface area contributed by atoms with E-state index < -0.39 is 0 Å². The monoisotopic (exact) mass is 161 g/mol. The van der Waals surface area contributed by atoms with E-state index >= 15 is 0 Å². The molecule has 0 bridgehead atoms. The first kappa shape index (κ1) is 13.5. The van der Waals surface area contributed by atoms with Gasteiger partial charge >= 0.3 is 0 Å². The van der Waals surface area contributed by atoms with E-state index in [1.165, 1.54) is 0 Å². The summed E-state index contributed by atoms with van der Waals surface area (Å²) in [6.45, 7) is 10.8. The highest BCUT2D eigenvalue weighted by Gasteiger charge is 2.04. The lowest BCUT2D eigenvalue weighted by molar-refractivity contribution is 0.222. The van der Waals surface area contributed by atoms with Crippen LogP contribution in [0.2, 0.25) is 0 Å². The van der Waals surface area contributed by atoms with Gasteiger partial charge in [-0.3, -0.25) is 0 Å². The van der Waals surface area contributed by atoms with Crippen molar-refractivity contribution in [3.05, 3.63) is 0 Å². The number of aliphatic hydroxyl groups excluding tert-OH is 1. The SMILES string of the molecule is CC(C)N(C)C(C)C.CCO. The molecule has 0 rings (SSSR count). The average molecular weight is 161 g/mol. The van der Waals surface area contributed by atoms with Crippen molar-refractivity contribution in [1.29, 1.82) is 0 Å². The van der Waals surface area contributed by atoms with Crippen LogP contribution in [0.4, 0.5) is 0 Å². The molecule has 0 radical (unpaired) electrons. The van der Waals surface area contributed by atoms with Gasteiger partial charge in [-0.1, -0.05) is 0 Å². The molecule has 70 valence electrons. The van der Waals surface area contributed by atoms with Crippen LogP contribution >= 0.6 is 0 Å². The zero-order valence-corrected chi connectivity index (χ0v) is 8.76. The van der Waals surface area contributed by atoms with E-state index in [4.69, 9.17) is 5.11 Å². The molecule has 0 saturated heterocycles. The average Bonchev–Trinajstić information content (AvgIpc) is 1.87. The van der Waals surface area contributed by atoms with E-state index in [-0.39, 0.29) is 6.61 Å². The first-order valence-electron chi connectivity index (χ1n) is 4.30. The van der Waals surface area contributed by atoms with Crippen molar-refractivity contribution in [2.75, 3.05) is 13.7 Å². The minimum absolute atomic E-state index is 0.250. The molecule has 0 aliphatic rings. The summed E-state index contributed by atoms with van der Waals surface area (Å²) in [5.41, 5.74) is 0. The van der Waals surface area contributed by atoms with Crippen LogP contribution in [-0.2, 0) is 0 Å². The van der Waals surface area contributed by atoms with Gasteiger partial charge in [-0.2, -0.15) is 0 Å². The van der Waals surface area contributed by atoms with Gasteiger partial charge in [-0.25, -0.2) is 0 Å². The summed E-state index contributed by atoms with van der Waals surface area (Å²) in [6, 6.07) is 1.35. The third kappa shape index (κ3) is 9.92. The van der Waals surface area contributed by atoms with E-state index in [2.05, 4.69) is 39.6 Å². The summed E-state index contributed by atoms with van der Waals surface area (Å²) < 4.78 is 0. The van der Waals surface area contributed by atoms with Gasteiger partial charge in [0.25, 0.3) is 0 Å². The van der Waals surface area contributed by atoms with E-state index in [9.17, 15) is 0 Å². The maximum absolute atomic E-state index is 7.57. The Labute approximate surface area is 71.2 Å². The normalized spacial score (nSPS) is 10.4. The third-order valence-corrected chi connectivity index (χ3v) is 1.63. The molecular formula is C9H23NO. The van der Waals surface area contributed by atoms with Crippen molar-refractivity contribution in [3.63, 3.8) is 0 Å². The van der Waals surface area contributed by atoms with Crippen LogP contribution in [-0.4, -0.2) is 35.7 Å². The molecule has 0 saturated carbocycles. The van der Waals surface area contributed by atoms with Crippen molar-refractivity contribution >= 4 is 0 Å². The molecule has 1 N–H and O–H groups in total.